The average Bonchev–Trinajstić information content (AvgIpc) is 2.56. The lowest BCUT2D eigenvalue weighted by Crippen LogP contribution is -2.06. The Morgan fingerprint density at radius 1 is 0.909 bits per heavy atom. The number of carbonyl (C=O) groups is 1. The van der Waals surface area contributed by atoms with Crippen molar-refractivity contribution in [3.63, 3.8) is 0 Å². The molecule has 0 aliphatic heterocycles. The molecule has 0 aliphatic carbocycles. The predicted octanol–water partition coefficient (Wildman–Crippen LogP) is 4.36. The minimum absolute atomic E-state index is 0.259. The van der Waals surface area contributed by atoms with Crippen molar-refractivity contribution < 1.29 is 14.3 Å². The van der Waals surface area contributed by atoms with Crippen LogP contribution < -0.4 is 0 Å². The third-order valence-electron chi connectivity index (χ3n) is 3.30. The summed E-state index contributed by atoms with van der Waals surface area (Å²) in [5, 5.41) is 0. The van der Waals surface area contributed by atoms with Gasteiger partial charge in [-0.2, -0.15) is 0 Å². The molecule has 3 nitrogen and oxygen atoms in total. The second-order valence-corrected chi connectivity index (χ2v) is 5.16. The second-order valence-electron chi connectivity index (χ2n) is 5.16. The summed E-state index contributed by atoms with van der Waals surface area (Å²) in [7, 11) is 0. The van der Waals surface area contributed by atoms with E-state index in [9.17, 15) is 4.79 Å². The fourth-order valence-electron chi connectivity index (χ4n) is 1.99. The van der Waals surface area contributed by atoms with Gasteiger partial charge in [-0.05, 0) is 29.7 Å². The highest BCUT2D eigenvalue weighted by molar-refractivity contribution is 5.89. The topological polar surface area (TPSA) is 35.5 Å². The maximum absolute atomic E-state index is 11.8. The smallest absolute Gasteiger partial charge is 0.338 e. The van der Waals surface area contributed by atoms with Crippen molar-refractivity contribution in [3.8, 4) is 0 Å². The van der Waals surface area contributed by atoms with Crippen LogP contribution in [0.5, 0.6) is 0 Å². The van der Waals surface area contributed by atoms with E-state index >= 15 is 0 Å². The first kappa shape index (κ1) is 16.2. The van der Waals surface area contributed by atoms with Gasteiger partial charge in [0.2, 0.25) is 0 Å². The highest BCUT2D eigenvalue weighted by atomic mass is 16.5. The lowest BCUT2D eigenvalue weighted by molar-refractivity contribution is 0.0499. The van der Waals surface area contributed by atoms with E-state index in [-0.39, 0.29) is 5.97 Å². The molecular formula is C19H22O3. The standard InChI is InChI=1S/C19H22O3/c1-2-3-13-22-19(20)18-11-9-17(10-12-18)15-21-14-16-7-5-4-6-8-16/h4-12H,2-3,13-15H2,1H3. The molecule has 0 heterocycles. The van der Waals surface area contributed by atoms with Crippen LogP contribution in [-0.4, -0.2) is 12.6 Å². The molecule has 0 spiro atoms. The van der Waals surface area contributed by atoms with E-state index < -0.39 is 0 Å². The van der Waals surface area contributed by atoms with Crippen molar-refractivity contribution in [2.75, 3.05) is 6.61 Å². The van der Waals surface area contributed by atoms with Crippen LogP contribution in [0.4, 0.5) is 0 Å². The largest absolute Gasteiger partial charge is 0.462 e. The predicted molar refractivity (Wildman–Crippen MR) is 86.6 cm³/mol. The van der Waals surface area contributed by atoms with Gasteiger partial charge in [-0.25, -0.2) is 4.79 Å². The molecule has 0 aromatic heterocycles. The molecule has 116 valence electrons. The average molecular weight is 298 g/mol. The van der Waals surface area contributed by atoms with E-state index in [1.165, 1.54) is 0 Å². The molecule has 22 heavy (non-hydrogen) atoms. The Morgan fingerprint density at radius 3 is 2.18 bits per heavy atom. The molecule has 0 aliphatic rings. The number of unbranched alkanes of at least 4 members (excludes halogenated alkanes) is 1. The van der Waals surface area contributed by atoms with Crippen LogP contribution in [0.15, 0.2) is 54.6 Å². The summed E-state index contributed by atoms with van der Waals surface area (Å²) in [4.78, 5) is 11.8. The van der Waals surface area contributed by atoms with E-state index in [0.717, 1.165) is 24.0 Å². The number of rotatable bonds is 8. The van der Waals surface area contributed by atoms with Crippen LogP contribution in [0, 0.1) is 0 Å². The van der Waals surface area contributed by atoms with Gasteiger partial charge in [-0.15, -0.1) is 0 Å². The van der Waals surface area contributed by atoms with Crippen LogP contribution in [0.1, 0.15) is 41.3 Å². The molecule has 0 fully saturated rings. The molecule has 0 saturated carbocycles. The van der Waals surface area contributed by atoms with Gasteiger partial charge in [-0.1, -0.05) is 55.8 Å². The van der Waals surface area contributed by atoms with Crippen LogP contribution >= 0.6 is 0 Å². The molecule has 0 amide bonds. The molecule has 2 aromatic rings. The normalized spacial score (nSPS) is 10.4. The fraction of sp³-hybridized carbons (Fsp3) is 0.316. The summed E-state index contributed by atoms with van der Waals surface area (Å²) >= 11 is 0. The summed E-state index contributed by atoms with van der Waals surface area (Å²) in [6.07, 6.45) is 1.92. The van der Waals surface area contributed by atoms with Gasteiger partial charge in [0, 0.05) is 0 Å². The number of ether oxygens (including phenoxy) is 2. The van der Waals surface area contributed by atoms with Gasteiger partial charge in [0.05, 0.1) is 25.4 Å². The molecule has 0 saturated heterocycles. The zero-order valence-corrected chi connectivity index (χ0v) is 13.0. The zero-order chi connectivity index (χ0) is 15.6. The van der Waals surface area contributed by atoms with Crippen molar-refractivity contribution >= 4 is 5.97 Å². The number of carbonyl (C=O) groups excluding carboxylic acids is 1. The molecule has 2 rings (SSSR count). The van der Waals surface area contributed by atoms with Crippen molar-refractivity contribution in [1.29, 1.82) is 0 Å². The van der Waals surface area contributed by atoms with E-state index in [4.69, 9.17) is 9.47 Å². The first-order chi connectivity index (χ1) is 10.8. The maximum Gasteiger partial charge on any atom is 0.338 e. The lowest BCUT2D eigenvalue weighted by Gasteiger charge is -2.06. The first-order valence-corrected chi connectivity index (χ1v) is 7.67. The molecule has 0 bridgehead atoms. The van der Waals surface area contributed by atoms with Gasteiger partial charge in [0.15, 0.2) is 0 Å². The Kier molecular flexibility index (Phi) is 6.65. The summed E-state index contributed by atoms with van der Waals surface area (Å²) < 4.78 is 10.8. The molecule has 2 aromatic carbocycles. The number of esters is 1. The van der Waals surface area contributed by atoms with Crippen LogP contribution in [-0.2, 0) is 22.7 Å². The minimum atomic E-state index is -0.259. The van der Waals surface area contributed by atoms with Crippen molar-refractivity contribution in [2.45, 2.75) is 33.0 Å². The molecule has 3 heteroatoms. The van der Waals surface area contributed by atoms with Gasteiger partial charge in [0.25, 0.3) is 0 Å². The molecule has 0 atom stereocenters. The second kappa shape index (κ2) is 9.00. The summed E-state index contributed by atoms with van der Waals surface area (Å²) in [6.45, 7) is 3.66. The monoisotopic (exact) mass is 298 g/mol. The third-order valence-corrected chi connectivity index (χ3v) is 3.30. The van der Waals surface area contributed by atoms with Gasteiger partial charge in [-0.3, -0.25) is 0 Å². The Bertz CT molecular complexity index is 561. The zero-order valence-electron chi connectivity index (χ0n) is 13.0. The molecular weight excluding hydrogens is 276 g/mol. The van der Waals surface area contributed by atoms with Gasteiger partial charge in [0.1, 0.15) is 0 Å². The highest BCUT2D eigenvalue weighted by Gasteiger charge is 2.06. The molecule has 0 N–H and O–H groups in total. The Hall–Kier alpha value is -2.13. The van der Waals surface area contributed by atoms with E-state index in [1.807, 2.05) is 42.5 Å². The van der Waals surface area contributed by atoms with Crippen LogP contribution in [0.2, 0.25) is 0 Å². The number of hydrogen-bond acceptors (Lipinski definition) is 3. The van der Waals surface area contributed by atoms with Crippen molar-refractivity contribution in [3.05, 3.63) is 71.3 Å². The van der Waals surface area contributed by atoms with Crippen molar-refractivity contribution in [2.24, 2.45) is 0 Å². The van der Waals surface area contributed by atoms with E-state index in [1.54, 1.807) is 12.1 Å². The summed E-state index contributed by atoms with van der Waals surface area (Å²) in [5.41, 5.74) is 2.78. The molecule has 0 radical (unpaired) electrons. The number of hydrogen-bond donors (Lipinski definition) is 0. The highest BCUT2D eigenvalue weighted by Crippen LogP contribution is 2.09. The van der Waals surface area contributed by atoms with Crippen molar-refractivity contribution in [1.82, 2.24) is 0 Å². The fourth-order valence-corrected chi connectivity index (χ4v) is 1.99. The number of benzene rings is 2. The third kappa shape index (κ3) is 5.34. The Balaban J connectivity index is 1.78. The van der Waals surface area contributed by atoms with Crippen LogP contribution in [0.25, 0.3) is 0 Å². The van der Waals surface area contributed by atoms with E-state index in [2.05, 4.69) is 6.92 Å². The van der Waals surface area contributed by atoms with Crippen LogP contribution in [0.3, 0.4) is 0 Å². The summed E-state index contributed by atoms with van der Waals surface area (Å²) in [6, 6.07) is 17.4. The minimum Gasteiger partial charge on any atom is -0.462 e. The summed E-state index contributed by atoms with van der Waals surface area (Å²) in [5.74, 6) is -0.259. The van der Waals surface area contributed by atoms with Gasteiger partial charge < -0.3 is 9.47 Å². The SMILES string of the molecule is CCCCOC(=O)c1ccc(COCc2ccccc2)cc1. The molecule has 0 unspecified atom stereocenters. The Labute approximate surface area is 131 Å². The Morgan fingerprint density at radius 2 is 1.55 bits per heavy atom. The van der Waals surface area contributed by atoms with Gasteiger partial charge >= 0.3 is 5.97 Å². The lowest BCUT2D eigenvalue weighted by atomic mass is 10.1. The quantitative estimate of drug-likeness (QED) is 0.536. The van der Waals surface area contributed by atoms with E-state index in [0.29, 0.717) is 25.4 Å². The first-order valence-electron chi connectivity index (χ1n) is 7.67. The maximum atomic E-state index is 11.8.